The van der Waals surface area contributed by atoms with E-state index in [1.165, 1.54) is 0 Å². The molecular weight excluding hydrogens is 332 g/mol. The maximum Gasteiger partial charge on any atom is 0.482 e. The highest BCUT2D eigenvalue weighted by Crippen LogP contribution is 2.47. The first kappa shape index (κ1) is 14.3. The number of nitrogens with one attached hydrogen (secondary N) is 1. The van der Waals surface area contributed by atoms with Crippen molar-refractivity contribution < 1.29 is 13.2 Å². The first-order chi connectivity index (χ1) is 7.15. The van der Waals surface area contributed by atoms with Crippen LogP contribution in [0.4, 0.5) is 18.9 Å². The number of anilines is 1. The number of hydrogen-bond donors (Lipinski definition) is 1. The summed E-state index contributed by atoms with van der Waals surface area (Å²) in [6, 6.07) is 0. The largest absolute Gasteiger partial charge is 0.482 e. The molecule has 0 saturated heterocycles. The molecule has 1 N–H and O–H groups in total. The van der Waals surface area contributed by atoms with Crippen molar-refractivity contribution in [3.05, 3.63) is 25.1 Å². The Bertz CT molecular complexity index is 402. The van der Waals surface area contributed by atoms with Crippen molar-refractivity contribution in [1.29, 1.82) is 0 Å². The molecule has 0 saturated carbocycles. The standard InChI is InChI=1S/C7HCl5F3N/c8-1-2(9)4(11)6(5(12)3(1)10)16-7(13,14)15/h16H. The number of benzene rings is 1. The number of hydrogen-bond acceptors (Lipinski definition) is 1. The highest BCUT2D eigenvalue weighted by molar-refractivity contribution is 6.56. The Balaban J connectivity index is 3.40. The third-order valence-corrected chi connectivity index (χ3v) is 3.75. The van der Waals surface area contributed by atoms with E-state index < -0.39 is 22.0 Å². The quantitative estimate of drug-likeness (QED) is 0.384. The van der Waals surface area contributed by atoms with Crippen LogP contribution < -0.4 is 5.32 Å². The predicted molar refractivity (Wildman–Crippen MR) is 61.2 cm³/mol. The van der Waals surface area contributed by atoms with Gasteiger partial charge >= 0.3 is 6.30 Å². The normalized spacial score (nSPS) is 11.8. The summed E-state index contributed by atoms with van der Waals surface area (Å²) in [5, 5.41) is -0.562. The van der Waals surface area contributed by atoms with E-state index in [4.69, 9.17) is 58.0 Å². The van der Waals surface area contributed by atoms with E-state index in [1.54, 1.807) is 0 Å². The molecule has 9 heteroatoms. The molecule has 90 valence electrons. The van der Waals surface area contributed by atoms with Crippen LogP contribution in [0.15, 0.2) is 0 Å². The molecule has 1 aromatic rings. The second kappa shape index (κ2) is 4.86. The lowest BCUT2D eigenvalue weighted by molar-refractivity contribution is -0.0999. The summed E-state index contributed by atoms with van der Waals surface area (Å²) in [5.74, 6) is 0. The van der Waals surface area contributed by atoms with E-state index in [0.29, 0.717) is 0 Å². The van der Waals surface area contributed by atoms with Crippen molar-refractivity contribution in [3.8, 4) is 0 Å². The third kappa shape index (κ3) is 2.93. The number of halogens is 8. The lowest BCUT2D eigenvalue weighted by Crippen LogP contribution is -2.21. The van der Waals surface area contributed by atoms with E-state index in [0.717, 1.165) is 5.32 Å². The second-order valence-corrected chi connectivity index (χ2v) is 4.46. The topological polar surface area (TPSA) is 12.0 Å². The molecule has 0 aliphatic heterocycles. The van der Waals surface area contributed by atoms with Gasteiger partial charge in [-0.15, -0.1) is 0 Å². The summed E-state index contributed by atoms with van der Waals surface area (Å²) in [4.78, 5) is 0. The maximum absolute atomic E-state index is 12.1. The molecule has 0 aromatic heterocycles. The van der Waals surface area contributed by atoms with E-state index in [2.05, 4.69) is 0 Å². The molecule has 0 aliphatic rings. The molecule has 1 rings (SSSR count). The molecule has 0 radical (unpaired) electrons. The van der Waals surface area contributed by atoms with E-state index in [1.807, 2.05) is 0 Å². The summed E-state index contributed by atoms with van der Waals surface area (Å²) >= 11 is 27.9. The van der Waals surface area contributed by atoms with Gasteiger partial charge in [0.05, 0.1) is 30.8 Å². The Labute approximate surface area is 113 Å². The van der Waals surface area contributed by atoms with Crippen LogP contribution in [0.5, 0.6) is 0 Å². The SMILES string of the molecule is FC(F)(F)Nc1c(Cl)c(Cl)c(Cl)c(Cl)c1Cl. The van der Waals surface area contributed by atoms with Crippen LogP contribution >= 0.6 is 58.0 Å². The zero-order valence-electron chi connectivity index (χ0n) is 7.02. The van der Waals surface area contributed by atoms with Crippen molar-refractivity contribution in [1.82, 2.24) is 0 Å². The smallest absolute Gasteiger partial charge is 0.294 e. The molecule has 16 heavy (non-hydrogen) atoms. The summed E-state index contributed by atoms with van der Waals surface area (Å²) in [5.41, 5.74) is -0.629. The summed E-state index contributed by atoms with van der Waals surface area (Å²) in [6.45, 7) is 0. The Morgan fingerprint density at radius 2 is 1.00 bits per heavy atom. The summed E-state index contributed by atoms with van der Waals surface area (Å²) in [7, 11) is 0. The average molecular weight is 333 g/mol. The molecule has 0 heterocycles. The van der Waals surface area contributed by atoms with Gasteiger partial charge in [-0.2, -0.15) is 13.2 Å². The Kier molecular flexibility index (Phi) is 4.35. The zero-order chi connectivity index (χ0) is 12.7. The minimum atomic E-state index is -4.71. The predicted octanol–water partition coefficient (Wildman–Crippen LogP) is 5.89. The third-order valence-electron chi connectivity index (χ3n) is 1.48. The monoisotopic (exact) mass is 331 g/mol. The molecule has 1 aromatic carbocycles. The van der Waals surface area contributed by atoms with Crippen molar-refractivity contribution in [2.45, 2.75) is 6.30 Å². The lowest BCUT2D eigenvalue weighted by Gasteiger charge is -2.15. The maximum atomic E-state index is 12.1. The van der Waals surface area contributed by atoms with Crippen LogP contribution in [-0.2, 0) is 0 Å². The fraction of sp³-hybridized carbons (Fsp3) is 0.143. The summed E-state index contributed by atoms with van der Waals surface area (Å²) in [6.07, 6.45) is -4.71. The van der Waals surface area contributed by atoms with Gasteiger partial charge in [0.25, 0.3) is 0 Å². The van der Waals surface area contributed by atoms with Gasteiger partial charge < -0.3 is 0 Å². The van der Waals surface area contributed by atoms with Gasteiger partial charge in [-0.25, -0.2) is 0 Å². The molecule has 0 unspecified atom stereocenters. The fourth-order valence-corrected chi connectivity index (χ4v) is 2.09. The van der Waals surface area contributed by atoms with E-state index in [9.17, 15) is 13.2 Å². The summed E-state index contributed by atoms with van der Waals surface area (Å²) < 4.78 is 36.4. The Morgan fingerprint density at radius 1 is 0.688 bits per heavy atom. The highest BCUT2D eigenvalue weighted by atomic mass is 35.5. The Hall–Kier alpha value is 0.260. The highest BCUT2D eigenvalue weighted by Gasteiger charge is 2.31. The van der Waals surface area contributed by atoms with Gasteiger partial charge in [0.15, 0.2) is 0 Å². The lowest BCUT2D eigenvalue weighted by atomic mass is 10.3. The van der Waals surface area contributed by atoms with Crippen molar-refractivity contribution >= 4 is 63.7 Å². The molecule has 0 atom stereocenters. The molecule has 0 bridgehead atoms. The van der Waals surface area contributed by atoms with E-state index in [-0.39, 0.29) is 15.1 Å². The van der Waals surface area contributed by atoms with Crippen LogP contribution in [0, 0.1) is 0 Å². The van der Waals surface area contributed by atoms with Crippen LogP contribution in [0.25, 0.3) is 0 Å². The number of alkyl halides is 3. The number of rotatable bonds is 1. The van der Waals surface area contributed by atoms with Crippen molar-refractivity contribution in [2.24, 2.45) is 0 Å². The minimum absolute atomic E-state index is 0.203. The zero-order valence-corrected chi connectivity index (χ0v) is 10.8. The first-order valence-electron chi connectivity index (χ1n) is 3.51. The molecule has 1 nitrogen and oxygen atoms in total. The van der Waals surface area contributed by atoms with Crippen molar-refractivity contribution in [3.63, 3.8) is 0 Å². The van der Waals surface area contributed by atoms with Crippen molar-refractivity contribution in [2.75, 3.05) is 5.32 Å². The van der Waals surface area contributed by atoms with Gasteiger partial charge in [-0.1, -0.05) is 58.0 Å². The van der Waals surface area contributed by atoms with Crippen LogP contribution in [0.1, 0.15) is 0 Å². The van der Waals surface area contributed by atoms with E-state index >= 15 is 0 Å². The first-order valence-corrected chi connectivity index (χ1v) is 5.40. The van der Waals surface area contributed by atoms with Gasteiger partial charge in [0, 0.05) is 0 Å². The fourth-order valence-electron chi connectivity index (χ4n) is 0.856. The molecule has 0 spiro atoms. The Morgan fingerprint density at radius 3 is 1.31 bits per heavy atom. The average Bonchev–Trinajstić information content (AvgIpc) is 2.17. The second-order valence-electron chi connectivity index (χ2n) is 2.57. The van der Waals surface area contributed by atoms with Gasteiger partial charge in [0.1, 0.15) is 0 Å². The molecule has 0 aliphatic carbocycles. The molecule has 0 fully saturated rings. The minimum Gasteiger partial charge on any atom is -0.294 e. The van der Waals surface area contributed by atoms with Crippen LogP contribution in [0.3, 0.4) is 0 Å². The van der Waals surface area contributed by atoms with Gasteiger partial charge in [0.2, 0.25) is 0 Å². The molecular formula is C7HCl5F3N. The van der Waals surface area contributed by atoms with Gasteiger partial charge in [-0.05, 0) is 0 Å². The van der Waals surface area contributed by atoms with Crippen LogP contribution in [0.2, 0.25) is 25.1 Å². The molecule has 0 amide bonds. The van der Waals surface area contributed by atoms with Crippen LogP contribution in [-0.4, -0.2) is 6.30 Å². The van der Waals surface area contributed by atoms with Gasteiger partial charge in [-0.3, -0.25) is 5.32 Å².